The lowest BCUT2D eigenvalue weighted by Crippen LogP contribution is -2.26. The molecule has 4 heteroatoms. The van der Waals surface area contributed by atoms with E-state index < -0.39 is 0 Å². The molecule has 0 N–H and O–H groups in total. The predicted octanol–water partition coefficient (Wildman–Crippen LogP) is 4.12. The van der Waals surface area contributed by atoms with Crippen LogP contribution in [-0.4, -0.2) is 24.3 Å². The normalized spacial score (nSPS) is 17.8. The zero-order valence-corrected chi connectivity index (χ0v) is 14.0. The molecule has 0 aromatic heterocycles. The highest BCUT2D eigenvalue weighted by molar-refractivity contribution is 6.26. The van der Waals surface area contributed by atoms with Crippen LogP contribution in [0.2, 0.25) is 0 Å². The maximum absolute atomic E-state index is 12.8. The second-order valence-electron chi connectivity index (χ2n) is 6.11. The van der Waals surface area contributed by atoms with Crippen LogP contribution in [0.15, 0.2) is 76.9 Å². The summed E-state index contributed by atoms with van der Waals surface area (Å²) in [5.74, 6) is -0.279. The van der Waals surface area contributed by atoms with E-state index in [1.807, 2.05) is 43.1 Å². The van der Waals surface area contributed by atoms with Crippen LogP contribution in [0.4, 0.5) is 11.4 Å². The Balaban J connectivity index is 1.80. The van der Waals surface area contributed by atoms with E-state index >= 15 is 0 Å². The Morgan fingerprint density at radius 3 is 2.44 bits per heavy atom. The topological polar surface area (TPSA) is 49.7 Å². The van der Waals surface area contributed by atoms with E-state index in [4.69, 9.17) is 0 Å². The molecule has 122 valence electrons. The van der Waals surface area contributed by atoms with Gasteiger partial charge in [-0.3, -0.25) is 9.59 Å². The summed E-state index contributed by atoms with van der Waals surface area (Å²) in [4.78, 5) is 31.7. The monoisotopic (exact) mass is 328 g/mol. The van der Waals surface area contributed by atoms with Crippen LogP contribution in [0.5, 0.6) is 0 Å². The summed E-state index contributed by atoms with van der Waals surface area (Å²) >= 11 is 0. The van der Waals surface area contributed by atoms with Gasteiger partial charge in [-0.1, -0.05) is 36.4 Å². The van der Waals surface area contributed by atoms with Gasteiger partial charge in [-0.15, -0.1) is 0 Å². The van der Waals surface area contributed by atoms with E-state index in [9.17, 15) is 9.59 Å². The van der Waals surface area contributed by atoms with Crippen molar-refractivity contribution in [3.05, 3.63) is 83.1 Å². The molecule has 1 heterocycles. The van der Waals surface area contributed by atoms with Crippen molar-refractivity contribution in [1.82, 2.24) is 0 Å². The van der Waals surface area contributed by atoms with Gasteiger partial charge in [0.2, 0.25) is 0 Å². The SMILES string of the molecule is CC1=Nc2ccccc2N(C)/C1=C/C1=CC(=O)c2ccccc2C1=O. The molecule has 0 radical (unpaired) electrons. The fourth-order valence-corrected chi connectivity index (χ4v) is 3.24. The summed E-state index contributed by atoms with van der Waals surface area (Å²) in [6, 6.07) is 14.8. The Hall–Kier alpha value is -3.27. The molecule has 0 fully saturated rings. The van der Waals surface area contributed by atoms with Gasteiger partial charge in [-0.2, -0.15) is 0 Å². The summed E-state index contributed by atoms with van der Waals surface area (Å²) in [5.41, 5.74) is 4.78. The minimum Gasteiger partial charge on any atom is -0.341 e. The average molecular weight is 328 g/mol. The van der Waals surface area contributed by atoms with E-state index in [-0.39, 0.29) is 11.6 Å². The van der Waals surface area contributed by atoms with Crippen LogP contribution < -0.4 is 4.90 Å². The van der Waals surface area contributed by atoms with Gasteiger partial charge < -0.3 is 4.90 Å². The highest BCUT2D eigenvalue weighted by Gasteiger charge is 2.26. The molecule has 2 aromatic carbocycles. The second kappa shape index (κ2) is 5.67. The number of Topliss-reactive ketones (excluding diaryl/α,β-unsaturated/α-hetero) is 1. The first-order chi connectivity index (χ1) is 12.1. The largest absolute Gasteiger partial charge is 0.341 e. The minimum atomic E-state index is -0.143. The fraction of sp³-hybridized carbons (Fsp3) is 0.0952. The van der Waals surface area contributed by atoms with Crippen molar-refractivity contribution in [2.45, 2.75) is 6.92 Å². The number of hydrogen-bond donors (Lipinski definition) is 0. The molecule has 0 atom stereocenters. The van der Waals surface area contributed by atoms with Crippen molar-refractivity contribution in [3.8, 4) is 0 Å². The zero-order valence-electron chi connectivity index (χ0n) is 14.0. The smallest absolute Gasteiger partial charge is 0.193 e. The average Bonchev–Trinajstić information content (AvgIpc) is 2.62. The Bertz CT molecular complexity index is 1010. The van der Waals surface area contributed by atoms with Gasteiger partial charge in [0.1, 0.15) is 0 Å². The molecule has 0 bridgehead atoms. The van der Waals surface area contributed by atoms with Crippen molar-refractivity contribution < 1.29 is 9.59 Å². The van der Waals surface area contributed by atoms with E-state index in [0.717, 1.165) is 22.8 Å². The quantitative estimate of drug-likeness (QED) is 0.791. The number of para-hydroxylation sites is 2. The molecule has 0 spiro atoms. The maximum atomic E-state index is 12.8. The molecule has 1 aliphatic heterocycles. The number of nitrogens with zero attached hydrogens (tertiary/aromatic N) is 2. The lowest BCUT2D eigenvalue weighted by molar-refractivity contribution is 0.0987. The Kier molecular flexibility index (Phi) is 3.46. The lowest BCUT2D eigenvalue weighted by Gasteiger charge is -2.28. The van der Waals surface area contributed by atoms with Gasteiger partial charge >= 0.3 is 0 Å². The summed E-state index contributed by atoms with van der Waals surface area (Å²) < 4.78 is 0. The highest BCUT2D eigenvalue weighted by Crippen LogP contribution is 2.35. The fourth-order valence-electron chi connectivity index (χ4n) is 3.24. The maximum Gasteiger partial charge on any atom is 0.193 e. The molecule has 4 nitrogen and oxygen atoms in total. The van der Waals surface area contributed by atoms with Crippen molar-refractivity contribution >= 4 is 28.7 Å². The van der Waals surface area contributed by atoms with E-state index in [1.165, 1.54) is 6.08 Å². The van der Waals surface area contributed by atoms with Crippen molar-refractivity contribution in [3.63, 3.8) is 0 Å². The van der Waals surface area contributed by atoms with Gasteiger partial charge in [-0.25, -0.2) is 4.99 Å². The highest BCUT2D eigenvalue weighted by atomic mass is 16.1. The molecule has 0 amide bonds. The van der Waals surface area contributed by atoms with E-state index in [0.29, 0.717) is 16.7 Å². The third kappa shape index (κ3) is 2.43. The van der Waals surface area contributed by atoms with Gasteiger partial charge in [0, 0.05) is 23.7 Å². The van der Waals surface area contributed by atoms with Crippen LogP contribution in [0.1, 0.15) is 27.6 Å². The first-order valence-corrected chi connectivity index (χ1v) is 8.06. The third-order valence-corrected chi connectivity index (χ3v) is 4.54. The molecule has 0 saturated heterocycles. The van der Waals surface area contributed by atoms with Crippen LogP contribution in [0.25, 0.3) is 0 Å². The molecule has 4 rings (SSSR count). The minimum absolute atomic E-state index is 0.136. The van der Waals surface area contributed by atoms with Gasteiger partial charge in [-0.05, 0) is 31.2 Å². The Morgan fingerprint density at radius 2 is 1.64 bits per heavy atom. The van der Waals surface area contributed by atoms with Crippen LogP contribution in [0.3, 0.4) is 0 Å². The molecule has 0 saturated carbocycles. The first-order valence-electron chi connectivity index (χ1n) is 8.06. The number of allylic oxidation sites excluding steroid dienone is 4. The lowest BCUT2D eigenvalue weighted by atomic mass is 9.89. The number of anilines is 1. The van der Waals surface area contributed by atoms with Gasteiger partial charge in [0.25, 0.3) is 0 Å². The second-order valence-corrected chi connectivity index (χ2v) is 6.11. The number of rotatable bonds is 1. The van der Waals surface area contributed by atoms with E-state index in [1.54, 1.807) is 30.3 Å². The number of fused-ring (bicyclic) bond motifs is 2. The Labute approximate surface area is 145 Å². The summed E-state index contributed by atoms with van der Waals surface area (Å²) in [5, 5.41) is 0. The molecule has 2 aromatic rings. The van der Waals surface area contributed by atoms with Crippen molar-refractivity contribution in [2.24, 2.45) is 4.99 Å². The number of ketones is 2. The van der Waals surface area contributed by atoms with Crippen molar-refractivity contribution in [1.29, 1.82) is 0 Å². The van der Waals surface area contributed by atoms with Crippen molar-refractivity contribution in [2.75, 3.05) is 11.9 Å². The molecular formula is C21H16N2O2. The zero-order chi connectivity index (χ0) is 17.6. The summed E-state index contributed by atoms with van der Waals surface area (Å²) in [6.45, 7) is 1.90. The molecule has 25 heavy (non-hydrogen) atoms. The van der Waals surface area contributed by atoms with Crippen LogP contribution in [0, 0.1) is 0 Å². The van der Waals surface area contributed by atoms with Crippen LogP contribution >= 0.6 is 0 Å². The molecule has 0 unspecified atom stereocenters. The van der Waals surface area contributed by atoms with Gasteiger partial charge in [0.15, 0.2) is 11.6 Å². The molecular weight excluding hydrogens is 312 g/mol. The summed E-state index contributed by atoms with van der Waals surface area (Å²) in [6.07, 6.45) is 3.17. The predicted molar refractivity (Wildman–Crippen MR) is 98.9 cm³/mol. The van der Waals surface area contributed by atoms with E-state index in [2.05, 4.69) is 4.99 Å². The summed E-state index contributed by atoms with van der Waals surface area (Å²) in [7, 11) is 1.94. The third-order valence-electron chi connectivity index (χ3n) is 4.54. The number of carbonyl (C=O) groups excluding carboxylic acids is 2. The molecule has 1 aliphatic carbocycles. The first kappa shape index (κ1) is 15.3. The number of benzene rings is 2. The number of aliphatic imine (C=N–C) groups is 1. The standard InChI is InChI=1S/C21H16N2O2/c1-13-19(23(2)18-10-6-5-9-17(18)22-13)11-14-12-20(24)15-7-3-4-8-16(15)21(14)25/h3-12H,1-2H3/b19-11+. The van der Waals surface area contributed by atoms with Crippen LogP contribution in [-0.2, 0) is 0 Å². The Morgan fingerprint density at radius 1 is 0.960 bits per heavy atom. The molecule has 2 aliphatic rings. The van der Waals surface area contributed by atoms with Gasteiger partial charge in [0.05, 0.1) is 22.8 Å². The number of carbonyl (C=O) groups is 2. The number of hydrogen-bond acceptors (Lipinski definition) is 4.